The average molecular weight is 447 g/mol. The molecule has 0 aliphatic carbocycles. The Morgan fingerprint density at radius 1 is 1.39 bits per heavy atom. The monoisotopic (exact) mass is 446 g/mol. The van der Waals surface area contributed by atoms with Gasteiger partial charge in [0.15, 0.2) is 16.1 Å². The predicted molar refractivity (Wildman–Crippen MR) is 100.0 cm³/mol. The zero-order chi connectivity index (χ0) is 20.2. The predicted octanol–water partition coefficient (Wildman–Crippen LogP) is 3.87. The number of halogens is 4. The van der Waals surface area contributed by atoms with Gasteiger partial charge in [-0.25, -0.2) is 9.78 Å². The third kappa shape index (κ3) is 3.09. The summed E-state index contributed by atoms with van der Waals surface area (Å²) >= 11 is 8.51. The molecule has 28 heavy (non-hydrogen) atoms. The number of thiazole rings is 1. The standard InChI is InChI=1S/C17H11ClF3N3O2S2/c1-23-13(25)12(8-3-2-4-9(5-8)17(19,20)21)14(26)24-10(7-27-16(23)24)11-6-22-15(18)28-11/h2-6,10H,7H2,1H3/p+1. The Morgan fingerprint density at radius 2 is 2.14 bits per heavy atom. The van der Waals surface area contributed by atoms with E-state index >= 15 is 0 Å². The molecule has 0 saturated heterocycles. The van der Waals surface area contributed by atoms with Crippen LogP contribution in [0.2, 0.25) is 4.47 Å². The van der Waals surface area contributed by atoms with Crippen LogP contribution in [0.5, 0.6) is 5.88 Å². The van der Waals surface area contributed by atoms with Gasteiger partial charge in [0.2, 0.25) is 0 Å². The first-order chi connectivity index (χ1) is 13.2. The number of fused-ring (bicyclic) bond motifs is 1. The van der Waals surface area contributed by atoms with Crippen molar-refractivity contribution in [3.8, 4) is 17.0 Å². The summed E-state index contributed by atoms with van der Waals surface area (Å²) in [5.74, 6) is 0.138. The van der Waals surface area contributed by atoms with Crippen LogP contribution in [0, 0.1) is 0 Å². The average Bonchev–Trinajstić information content (AvgIpc) is 3.26. The highest BCUT2D eigenvalue weighted by molar-refractivity contribution is 7.99. The summed E-state index contributed by atoms with van der Waals surface area (Å²) in [7, 11) is 1.56. The van der Waals surface area contributed by atoms with Gasteiger partial charge in [0, 0.05) is 6.20 Å². The minimum atomic E-state index is -4.56. The van der Waals surface area contributed by atoms with E-state index in [0.717, 1.165) is 17.0 Å². The van der Waals surface area contributed by atoms with Gasteiger partial charge in [-0.1, -0.05) is 23.7 Å². The fraction of sp³-hybridized carbons (Fsp3) is 0.235. The molecule has 1 unspecified atom stereocenters. The van der Waals surface area contributed by atoms with Gasteiger partial charge in [0.05, 0.1) is 23.2 Å². The molecule has 0 bridgehead atoms. The minimum Gasteiger partial charge on any atom is -0.477 e. The van der Waals surface area contributed by atoms with Crippen molar-refractivity contribution in [3.63, 3.8) is 0 Å². The molecule has 0 spiro atoms. The second kappa shape index (κ2) is 6.78. The molecule has 0 amide bonds. The molecule has 11 heteroatoms. The van der Waals surface area contributed by atoms with Crippen LogP contribution in [-0.2, 0) is 13.2 Å². The number of rotatable bonds is 2. The van der Waals surface area contributed by atoms with Crippen LogP contribution < -0.4 is 10.1 Å². The summed E-state index contributed by atoms with van der Waals surface area (Å²) in [5.41, 5.74) is -1.64. The van der Waals surface area contributed by atoms with Crippen molar-refractivity contribution >= 4 is 34.7 Å². The van der Waals surface area contributed by atoms with Gasteiger partial charge in [-0.2, -0.15) is 22.3 Å². The summed E-state index contributed by atoms with van der Waals surface area (Å²) in [4.78, 5) is 18.0. The Bertz CT molecular complexity index is 1140. The van der Waals surface area contributed by atoms with E-state index in [0.29, 0.717) is 15.4 Å². The van der Waals surface area contributed by atoms with Gasteiger partial charge in [-0.3, -0.25) is 0 Å². The molecule has 0 radical (unpaired) electrons. The van der Waals surface area contributed by atoms with Gasteiger partial charge < -0.3 is 5.11 Å². The highest BCUT2D eigenvalue weighted by atomic mass is 35.5. The molecule has 3 aromatic rings. The first kappa shape index (κ1) is 19.3. The molecular formula is C17H12ClF3N3O2S2+. The van der Waals surface area contributed by atoms with Gasteiger partial charge in [-0.15, -0.1) is 11.3 Å². The number of aromatic nitrogens is 3. The molecule has 4 rings (SSSR count). The first-order valence-corrected chi connectivity index (χ1v) is 10.2. The Morgan fingerprint density at radius 3 is 2.79 bits per heavy atom. The van der Waals surface area contributed by atoms with E-state index in [4.69, 9.17) is 11.6 Å². The normalized spacial score (nSPS) is 16.4. The summed E-state index contributed by atoms with van der Waals surface area (Å²) < 4.78 is 42.5. The number of thioether (sulfide) groups is 1. The van der Waals surface area contributed by atoms with Crippen molar-refractivity contribution in [3.05, 3.63) is 55.7 Å². The van der Waals surface area contributed by atoms with Crippen LogP contribution in [0.15, 0.2) is 40.4 Å². The third-order valence-corrected chi connectivity index (χ3v) is 6.88. The van der Waals surface area contributed by atoms with Crippen molar-refractivity contribution in [2.75, 3.05) is 5.75 Å². The number of nitrogens with zero attached hydrogens (tertiary/aromatic N) is 3. The Labute approximate surface area is 170 Å². The molecule has 0 fully saturated rings. The molecule has 1 aromatic carbocycles. The smallest absolute Gasteiger partial charge is 0.416 e. The molecule has 1 aliphatic rings. The molecular weight excluding hydrogens is 435 g/mol. The van der Waals surface area contributed by atoms with E-state index in [1.807, 2.05) is 0 Å². The van der Waals surface area contributed by atoms with Gasteiger partial charge in [0.25, 0.3) is 5.88 Å². The zero-order valence-corrected chi connectivity index (χ0v) is 16.6. The highest BCUT2D eigenvalue weighted by Gasteiger charge is 2.40. The van der Waals surface area contributed by atoms with Crippen molar-refractivity contribution in [2.45, 2.75) is 17.4 Å². The maximum Gasteiger partial charge on any atom is 0.416 e. The quantitative estimate of drug-likeness (QED) is 0.479. The molecule has 1 aliphatic heterocycles. The lowest BCUT2D eigenvalue weighted by Crippen LogP contribution is -2.40. The number of benzene rings is 1. The van der Waals surface area contributed by atoms with Crippen molar-refractivity contribution in [2.24, 2.45) is 7.05 Å². The lowest BCUT2D eigenvalue weighted by molar-refractivity contribution is -0.720. The number of aromatic hydroxyl groups is 1. The first-order valence-electron chi connectivity index (χ1n) is 7.97. The highest BCUT2D eigenvalue weighted by Crippen LogP contribution is 2.39. The molecule has 2 aromatic heterocycles. The van der Waals surface area contributed by atoms with E-state index in [2.05, 4.69) is 4.98 Å². The SMILES string of the molecule is C[n+]1c(O)c(-c2cccc(C(F)(F)F)c2)c(=O)n2c1SCC2c1cnc(Cl)s1. The van der Waals surface area contributed by atoms with E-state index in [1.54, 1.807) is 13.2 Å². The fourth-order valence-corrected chi connectivity index (χ4v) is 5.54. The fourth-order valence-electron chi connectivity index (χ4n) is 3.12. The second-order valence-electron chi connectivity index (χ2n) is 6.14. The molecule has 5 nitrogen and oxygen atoms in total. The third-order valence-electron chi connectivity index (χ3n) is 4.45. The van der Waals surface area contributed by atoms with E-state index in [9.17, 15) is 23.1 Å². The second-order valence-corrected chi connectivity index (χ2v) is 8.77. The molecule has 146 valence electrons. The Balaban J connectivity index is 1.94. The van der Waals surface area contributed by atoms with E-state index in [1.165, 1.54) is 44.4 Å². The minimum absolute atomic E-state index is 0.00112. The van der Waals surface area contributed by atoms with Crippen molar-refractivity contribution < 1.29 is 22.8 Å². The van der Waals surface area contributed by atoms with Gasteiger partial charge in [-0.05, 0) is 29.5 Å². The number of hydrogen-bond donors (Lipinski definition) is 1. The lowest BCUT2D eigenvalue weighted by Gasteiger charge is -2.12. The maximum atomic E-state index is 13.2. The largest absolute Gasteiger partial charge is 0.477 e. The van der Waals surface area contributed by atoms with Crippen LogP contribution in [0.1, 0.15) is 16.5 Å². The zero-order valence-electron chi connectivity index (χ0n) is 14.2. The van der Waals surface area contributed by atoms with Crippen molar-refractivity contribution in [1.82, 2.24) is 9.55 Å². The molecule has 1 atom stereocenters. The van der Waals surface area contributed by atoms with Crippen LogP contribution in [0.3, 0.4) is 0 Å². The molecule has 1 N–H and O–H groups in total. The van der Waals surface area contributed by atoms with Crippen molar-refractivity contribution in [1.29, 1.82) is 0 Å². The van der Waals surface area contributed by atoms with Gasteiger partial charge in [0.1, 0.15) is 0 Å². The van der Waals surface area contributed by atoms with E-state index < -0.39 is 17.3 Å². The van der Waals surface area contributed by atoms with Gasteiger partial charge >= 0.3 is 16.9 Å². The molecule has 0 saturated carbocycles. The maximum absolute atomic E-state index is 13.2. The number of alkyl halides is 3. The van der Waals surface area contributed by atoms with Crippen LogP contribution in [0.25, 0.3) is 11.1 Å². The van der Waals surface area contributed by atoms with E-state index in [-0.39, 0.29) is 23.0 Å². The summed E-state index contributed by atoms with van der Waals surface area (Å²) in [6, 6.07) is 4.01. The van der Waals surface area contributed by atoms with Crippen LogP contribution in [-0.4, -0.2) is 20.4 Å². The van der Waals surface area contributed by atoms with Crippen LogP contribution in [0.4, 0.5) is 13.2 Å². The molecule has 3 heterocycles. The Kier molecular flexibility index (Phi) is 4.67. The van der Waals surface area contributed by atoms with Crippen LogP contribution >= 0.6 is 34.7 Å². The lowest BCUT2D eigenvalue weighted by atomic mass is 10.0. The topological polar surface area (TPSA) is 59.0 Å². The summed E-state index contributed by atoms with van der Waals surface area (Å²) in [6.07, 6.45) is -2.98. The summed E-state index contributed by atoms with van der Waals surface area (Å²) in [5, 5.41) is 11.1. The number of hydrogen-bond acceptors (Lipinski definition) is 5. The summed E-state index contributed by atoms with van der Waals surface area (Å²) in [6.45, 7) is 0. The Hall–Kier alpha value is -2.04.